The topological polar surface area (TPSA) is 46.8 Å². The average Bonchev–Trinajstić information content (AvgIpc) is 2.85. The molecule has 0 bridgehead atoms. The minimum atomic E-state index is 0.306. The number of aromatic nitrogens is 4. The van der Waals surface area contributed by atoms with Gasteiger partial charge in [-0.05, 0) is 0 Å². The Morgan fingerprint density at radius 2 is 2.11 bits per heavy atom. The highest BCUT2D eigenvalue weighted by Gasteiger charge is 2.21. The van der Waals surface area contributed by atoms with E-state index >= 15 is 0 Å². The summed E-state index contributed by atoms with van der Waals surface area (Å²) < 4.78 is 2.14. The highest BCUT2D eigenvalue weighted by atomic mass is 35.5. The summed E-state index contributed by atoms with van der Waals surface area (Å²) in [7, 11) is 0. The molecule has 0 aromatic carbocycles. The molecule has 0 radical (unpaired) electrons. The maximum atomic E-state index is 6.04. The maximum absolute atomic E-state index is 6.04. The quantitative estimate of drug-likeness (QED) is 0.626. The van der Waals surface area contributed by atoms with Crippen molar-refractivity contribution in [1.29, 1.82) is 0 Å². The number of hydrogen-bond acceptors (Lipinski definition) is 4. The fraction of sp³-hybridized carbons (Fsp3) is 0.364. The van der Waals surface area contributed by atoms with Crippen LogP contribution in [0.4, 0.5) is 5.82 Å². The molecule has 18 heavy (non-hydrogen) atoms. The Kier molecular flexibility index (Phi) is 3.09. The number of fused-ring (bicyclic) bond motifs is 1. The van der Waals surface area contributed by atoms with Gasteiger partial charge in [-0.2, -0.15) is 0 Å². The maximum Gasteiger partial charge on any atom is 0.138 e. The van der Waals surface area contributed by atoms with E-state index in [4.69, 9.17) is 23.2 Å². The molecule has 1 aliphatic heterocycles. The van der Waals surface area contributed by atoms with Gasteiger partial charge in [0, 0.05) is 31.0 Å². The van der Waals surface area contributed by atoms with Crippen molar-refractivity contribution in [1.82, 2.24) is 19.5 Å². The first kappa shape index (κ1) is 11.7. The van der Waals surface area contributed by atoms with Gasteiger partial charge in [-0.3, -0.25) is 0 Å². The molecule has 3 rings (SSSR count). The Labute approximate surface area is 114 Å². The molecule has 0 saturated carbocycles. The second-order valence-electron chi connectivity index (χ2n) is 4.06. The molecular weight excluding hydrogens is 273 g/mol. The van der Waals surface area contributed by atoms with E-state index in [0.29, 0.717) is 17.6 Å². The molecule has 1 aliphatic rings. The predicted molar refractivity (Wildman–Crippen MR) is 69.9 cm³/mol. The third-order valence-corrected chi connectivity index (χ3v) is 3.64. The first-order valence-corrected chi connectivity index (χ1v) is 6.51. The van der Waals surface area contributed by atoms with Crippen LogP contribution in [0, 0.1) is 0 Å². The normalized spacial score (nSPS) is 14.7. The van der Waals surface area contributed by atoms with Crippen molar-refractivity contribution < 1.29 is 0 Å². The molecule has 94 valence electrons. The van der Waals surface area contributed by atoms with Gasteiger partial charge in [-0.25, -0.2) is 15.0 Å². The second-order valence-corrected chi connectivity index (χ2v) is 4.68. The monoisotopic (exact) mass is 283 g/mol. The molecule has 5 nitrogen and oxygen atoms in total. The number of hydrogen-bond donors (Lipinski definition) is 0. The summed E-state index contributed by atoms with van der Waals surface area (Å²) in [6.45, 7) is 2.46. The van der Waals surface area contributed by atoms with Crippen LogP contribution in [0.15, 0.2) is 18.7 Å². The van der Waals surface area contributed by atoms with Crippen LogP contribution < -0.4 is 4.90 Å². The van der Waals surface area contributed by atoms with Crippen LogP contribution >= 0.6 is 23.2 Å². The number of alkyl halides is 1. The molecule has 3 heterocycles. The van der Waals surface area contributed by atoms with Gasteiger partial charge in [0.1, 0.15) is 23.1 Å². The molecular formula is C11H11Cl2N5. The zero-order chi connectivity index (χ0) is 12.5. The summed E-state index contributed by atoms with van der Waals surface area (Å²) in [6.07, 6.45) is 5.27. The van der Waals surface area contributed by atoms with E-state index in [1.165, 1.54) is 6.33 Å². The lowest BCUT2D eigenvalue weighted by Gasteiger charge is -2.29. The van der Waals surface area contributed by atoms with Crippen molar-refractivity contribution in [2.75, 3.05) is 11.4 Å². The van der Waals surface area contributed by atoms with Gasteiger partial charge in [0.2, 0.25) is 0 Å². The van der Waals surface area contributed by atoms with Gasteiger partial charge in [0.25, 0.3) is 0 Å². The number of nitrogens with zero attached hydrogens (tertiary/aromatic N) is 5. The molecule has 7 heteroatoms. The van der Waals surface area contributed by atoms with Crippen LogP contribution in [-0.4, -0.2) is 26.1 Å². The number of halogens is 2. The Balaban J connectivity index is 1.95. The highest BCUT2D eigenvalue weighted by molar-refractivity contribution is 6.31. The van der Waals surface area contributed by atoms with Crippen LogP contribution in [0.5, 0.6) is 0 Å². The molecule has 2 aromatic heterocycles. The Morgan fingerprint density at radius 3 is 2.94 bits per heavy atom. The summed E-state index contributed by atoms with van der Waals surface area (Å²) in [6, 6.07) is 0. The molecule has 0 atom stereocenters. The Morgan fingerprint density at radius 1 is 1.22 bits per heavy atom. The van der Waals surface area contributed by atoms with Gasteiger partial charge in [-0.1, -0.05) is 11.6 Å². The van der Waals surface area contributed by atoms with E-state index < -0.39 is 0 Å². The first-order chi connectivity index (χ1) is 8.79. The molecule has 0 N–H and O–H groups in total. The third kappa shape index (κ3) is 1.93. The SMILES string of the molecule is ClCc1c(Cl)ncnc1N1CCn2ccnc2C1. The van der Waals surface area contributed by atoms with Crippen molar-refractivity contribution >= 4 is 29.0 Å². The Bertz CT molecular complexity index is 568. The van der Waals surface area contributed by atoms with Crippen molar-refractivity contribution in [3.05, 3.63) is 35.3 Å². The first-order valence-electron chi connectivity index (χ1n) is 5.60. The molecule has 0 amide bonds. The molecule has 2 aromatic rings. The summed E-state index contributed by atoms with van der Waals surface area (Å²) in [5.41, 5.74) is 0.779. The summed E-state index contributed by atoms with van der Waals surface area (Å²) >= 11 is 12.0. The molecule has 0 fully saturated rings. The lowest BCUT2D eigenvalue weighted by Crippen LogP contribution is -2.34. The smallest absolute Gasteiger partial charge is 0.138 e. The van der Waals surface area contributed by atoms with Crippen LogP contribution in [0.1, 0.15) is 11.4 Å². The van der Waals surface area contributed by atoms with E-state index in [0.717, 1.165) is 30.3 Å². The van der Waals surface area contributed by atoms with Gasteiger partial charge in [0.15, 0.2) is 0 Å². The highest BCUT2D eigenvalue weighted by Crippen LogP contribution is 2.27. The van der Waals surface area contributed by atoms with Gasteiger partial charge in [-0.15, -0.1) is 11.6 Å². The molecule has 0 aliphatic carbocycles. The number of anilines is 1. The number of rotatable bonds is 2. The predicted octanol–water partition coefficient (Wildman–Crippen LogP) is 2.09. The van der Waals surface area contributed by atoms with E-state index in [9.17, 15) is 0 Å². The van der Waals surface area contributed by atoms with Crippen LogP contribution in [-0.2, 0) is 19.0 Å². The van der Waals surface area contributed by atoms with E-state index in [-0.39, 0.29) is 0 Å². The summed E-state index contributed by atoms with van der Waals surface area (Å²) in [5, 5.41) is 0.420. The largest absolute Gasteiger partial charge is 0.347 e. The van der Waals surface area contributed by atoms with E-state index in [1.807, 2.05) is 12.4 Å². The van der Waals surface area contributed by atoms with Crippen LogP contribution in [0.2, 0.25) is 5.15 Å². The lowest BCUT2D eigenvalue weighted by molar-refractivity contribution is 0.555. The molecule has 0 unspecified atom stereocenters. The minimum absolute atomic E-state index is 0.306. The fourth-order valence-corrected chi connectivity index (χ4v) is 2.63. The van der Waals surface area contributed by atoms with E-state index in [1.54, 1.807) is 0 Å². The van der Waals surface area contributed by atoms with Crippen LogP contribution in [0.3, 0.4) is 0 Å². The summed E-state index contributed by atoms with van der Waals surface area (Å²) in [4.78, 5) is 14.7. The fourth-order valence-electron chi connectivity index (χ4n) is 2.12. The number of imidazole rings is 1. The molecule has 0 saturated heterocycles. The van der Waals surface area contributed by atoms with Crippen molar-refractivity contribution in [2.24, 2.45) is 0 Å². The van der Waals surface area contributed by atoms with Gasteiger partial charge < -0.3 is 9.47 Å². The zero-order valence-corrected chi connectivity index (χ0v) is 11.1. The average molecular weight is 284 g/mol. The second kappa shape index (κ2) is 4.74. The van der Waals surface area contributed by atoms with Crippen molar-refractivity contribution in [2.45, 2.75) is 19.0 Å². The van der Waals surface area contributed by atoms with E-state index in [2.05, 4.69) is 24.4 Å². The van der Waals surface area contributed by atoms with Crippen molar-refractivity contribution in [3.63, 3.8) is 0 Å². The lowest BCUT2D eigenvalue weighted by atomic mass is 10.3. The third-order valence-electron chi connectivity index (χ3n) is 3.05. The zero-order valence-electron chi connectivity index (χ0n) is 9.55. The van der Waals surface area contributed by atoms with Gasteiger partial charge >= 0.3 is 0 Å². The standard InChI is InChI=1S/C11H11Cl2N5/c12-5-8-10(13)15-7-16-11(8)18-4-3-17-2-1-14-9(17)6-18/h1-2,7H,3-6H2. The summed E-state index contributed by atoms with van der Waals surface area (Å²) in [5.74, 6) is 2.13. The minimum Gasteiger partial charge on any atom is -0.347 e. The van der Waals surface area contributed by atoms with Gasteiger partial charge in [0.05, 0.1) is 12.4 Å². The van der Waals surface area contributed by atoms with Crippen molar-refractivity contribution in [3.8, 4) is 0 Å². The molecule has 0 spiro atoms. The van der Waals surface area contributed by atoms with Crippen LogP contribution in [0.25, 0.3) is 0 Å². The Hall–Kier alpha value is -1.33.